The largest absolute Gasteiger partial charge is 0.493 e. The highest BCUT2D eigenvalue weighted by molar-refractivity contribution is 6.30. The number of rotatable bonds is 9. The summed E-state index contributed by atoms with van der Waals surface area (Å²) in [7, 11) is 1.68. The highest BCUT2D eigenvalue weighted by atomic mass is 35.5. The Hall–Kier alpha value is -0.840. The van der Waals surface area contributed by atoms with Gasteiger partial charge in [0.05, 0.1) is 18.2 Å². The summed E-state index contributed by atoms with van der Waals surface area (Å²) < 4.78 is 23.4. The van der Waals surface area contributed by atoms with Crippen molar-refractivity contribution in [2.75, 3.05) is 33.4 Å². The number of hydrogen-bond acceptors (Lipinski definition) is 3. The van der Waals surface area contributed by atoms with Gasteiger partial charge in [0.25, 0.3) is 0 Å². The Balaban J connectivity index is 2.05. The molecule has 3 nitrogen and oxygen atoms in total. The molecule has 0 radical (unpaired) electrons. The van der Waals surface area contributed by atoms with Gasteiger partial charge in [-0.3, -0.25) is 0 Å². The Bertz CT molecular complexity index is 350. The van der Waals surface area contributed by atoms with Crippen LogP contribution in [0.5, 0.6) is 5.75 Å². The van der Waals surface area contributed by atoms with Gasteiger partial charge in [-0.1, -0.05) is 11.6 Å². The first-order chi connectivity index (χ1) is 8.74. The van der Waals surface area contributed by atoms with Crippen LogP contribution < -0.4 is 10.1 Å². The van der Waals surface area contributed by atoms with Crippen molar-refractivity contribution in [2.45, 2.75) is 12.8 Å². The minimum Gasteiger partial charge on any atom is -0.493 e. The van der Waals surface area contributed by atoms with Crippen molar-refractivity contribution in [2.24, 2.45) is 0 Å². The van der Waals surface area contributed by atoms with Crippen LogP contribution in [-0.4, -0.2) is 33.4 Å². The topological polar surface area (TPSA) is 30.5 Å². The summed E-state index contributed by atoms with van der Waals surface area (Å²) in [6, 6.07) is 4.47. The molecule has 0 unspecified atom stereocenters. The van der Waals surface area contributed by atoms with Crippen molar-refractivity contribution >= 4 is 11.6 Å². The van der Waals surface area contributed by atoms with Crippen LogP contribution in [0.3, 0.4) is 0 Å². The van der Waals surface area contributed by atoms with E-state index in [0.717, 1.165) is 32.5 Å². The van der Waals surface area contributed by atoms with Gasteiger partial charge in [-0.25, -0.2) is 4.39 Å². The molecule has 0 heterocycles. The first-order valence-electron chi connectivity index (χ1n) is 6.01. The first kappa shape index (κ1) is 15.2. The summed E-state index contributed by atoms with van der Waals surface area (Å²) in [6.45, 7) is 3.09. The molecule has 1 N–H and O–H groups in total. The van der Waals surface area contributed by atoms with Crippen molar-refractivity contribution in [3.8, 4) is 5.75 Å². The summed E-state index contributed by atoms with van der Waals surface area (Å²) in [5.74, 6) is 0.0691. The van der Waals surface area contributed by atoms with E-state index < -0.39 is 5.82 Å². The van der Waals surface area contributed by atoms with E-state index in [2.05, 4.69) is 5.32 Å². The van der Waals surface area contributed by atoms with Gasteiger partial charge >= 0.3 is 0 Å². The molecule has 0 aliphatic carbocycles. The predicted octanol–water partition coefficient (Wildman–Crippen LogP) is 2.87. The minimum absolute atomic E-state index is 0.115. The maximum absolute atomic E-state index is 13.1. The molecule has 0 spiro atoms. The zero-order chi connectivity index (χ0) is 13.2. The Kier molecular flexibility index (Phi) is 7.73. The van der Waals surface area contributed by atoms with Crippen LogP contribution in [0.4, 0.5) is 4.39 Å². The maximum atomic E-state index is 13.1. The molecule has 5 heteroatoms. The average molecular weight is 276 g/mol. The second kappa shape index (κ2) is 9.14. The lowest BCUT2D eigenvalue weighted by atomic mass is 10.3. The lowest BCUT2D eigenvalue weighted by Gasteiger charge is -2.07. The zero-order valence-electron chi connectivity index (χ0n) is 10.5. The van der Waals surface area contributed by atoms with Crippen molar-refractivity contribution < 1.29 is 13.9 Å². The normalized spacial score (nSPS) is 10.6. The Labute approximate surface area is 112 Å². The van der Waals surface area contributed by atoms with E-state index in [-0.39, 0.29) is 5.02 Å². The SMILES string of the molecule is COCCNCCCCOc1ccc(Cl)c(F)c1. The second-order valence-corrected chi connectivity index (χ2v) is 4.28. The van der Waals surface area contributed by atoms with E-state index in [0.29, 0.717) is 12.4 Å². The van der Waals surface area contributed by atoms with E-state index in [1.54, 1.807) is 13.2 Å². The lowest BCUT2D eigenvalue weighted by Crippen LogP contribution is -2.20. The van der Waals surface area contributed by atoms with Crippen molar-refractivity contribution in [3.05, 3.63) is 29.0 Å². The van der Waals surface area contributed by atoms with Gasteiger partial charge in [0.2, 0.25) is 0 Å². The number of unbranched alkanes of at least 4 members (excludes halogenated alkanes) is 1. The number of nitrogens with one attached hydrogen (secondary N) is 1. The summed E-state index contributed by atoms with van der Waals surface area (Å²) in [4.78, 5) is 0. The smallest absolute Gasteiger partial charge is 0.145 e. The molecular formula is C13H19ClFNO2. The third-order valence-electron chi connectivity index (χ3n) is 2.39. The average Bonchev–Trinajstić information content (AvgIpc) is 2.37. The highest BCUT2D eigenvalue weighted by Crippen LogP contribution is 2.20. The molecule has 0 amide bonds. The van der Waals surface area contributed by atoms with Gasteiger partial charge in [0.15, 0.2) is 0 Å². The zero-order valence-corrected chi connectivity index (χ0v) is 11.3. The predicted molar refractivity (Wildman–Crippen MR) is 70.9 cm³/mol. The number of methoxy groups -OCH3 is 1. The highest BCUT2D eigenvalue weighted by Gasteiger charge is 2.01. The number of halogens is 2. The van der Waals surface area contributed by atoms with E-state index in [4.69, 9.17) is 21.1 Å². The van der Waals surface area contributed by atoms with Crippen LogP contribution >= 0.6 is 11.6 Å². The Morgan fingerprint density at radius 3 is 2.78 bits per heavy atom. The second-order valence-electron chi connectivity index (χ2n) is 3.87. The number of hydrogen-bond donors (Lipinski definition) is 1. The third kappa shape index (κ3) is 6.19. The summed E-state index contributed by atoms with van der Waals surface area (Å²) >= 11 is 5.58. The fourth-order valence-corrected chi connectivity index (χ4v) is 1.53. The summed E-state index contributed by atoms with van der Waals surface area (Å²) in [5, 5.41) is 3.36. The lowest BCUT2D eigenvalue weighted by molar-refractivity contribution is 0.199. The third-order valence-corrected chi connectivity index (χ3v) is 2.70. The standard InChI is InChI=1S/C13H19ClFNO2/c1-17-9-7-16-6-2-3-8-18-11-4-5-12(14)13(15)10-11/h4-5,10,16H,2-3,6-9H2,1H3. The fourth-order valence-electron chi connectivity index (χ4n) is 1.41. The molecule has 0 bridgehead atoms. The summed E-state index contributed by atoms with van der Waals surface area (Å²) in [6.07, 6.45) is 1.93. The van der Waals surface area contributed by atoms with Gasteiger partial charge in [-0.2, -0.15) is 0 Å². The van der Waals surface area contributed by atoms with E-state index in [1.807, 2.05) is 0 Å². The monoisotopic (exact) mass is 275 g/mol. The molecular weight excluding hydrogens is 257 g/mol. The molecule has 1 rings (SSSR count). The van der Waals surface area contributed by atoms with E-state index >= 15 is 0 Å². The molecule has 102 valence electrons. The molecule has 0 aromatic heterocycles. The van der Waals surface area contributed by atoms with Crippen molar-refractivity contribution in [3.63, 3.8) is 0 Å². The molecule has 0 saturated carbocycles. The Morgan fingerprint density at radius 2 is 2.06 bits per heavy atom. The Morgan fingerprint density at radius 1 is 1.22 bits per heavy atom. The van der Waals surface area contributed by atoms with E-state index in [9.17, 15) is 4.39 Å². The fraction of sp³-hybridized carbons (Fsp3) is 0.538. The number of benzene rings is 1. The minimum atomic E-state index is -0.449. The van der Waals surface area contributed by atoms with Crippen LogP contribution in [0, 0.1) is 5.82 Å². The summed E-state index contributed by atoms with van der Waals surface area (Å²) in [5.41, 5.74) is 0. The number of ether oxygens (including phenoxy) is 2. The van der Waals surface area contributed by atoms with Crippen LogP contribution in [-0.2, 0) is 4.74 Å². The van der Waals surface area contributed by atoms with Crippen LogP contribution in [0.1, 0.15) is 12.8 Å². The van der Waals surface area contributed by atoms with Gasteiger partial charge in [0.1, 0.15) is 11.6 Å². The molecule has 1 aromatic rings. The molecule has 0 saturated heterocycles. The molecule has 1 aromatic carbocycles. The van der Waals surface area contributed by atoms with Crippen LogP contribution in [0.2, 0.25) is 5.02 Å². The van der Waals surface area contributed by atoms with Gasteiger partial charge in [-0.05, 0) is 31.5 Å². The maximum Gasteiger partial charge on any atom is 0.145 e. The van der Waals surface area contributed by atoms with Crippen molar-refractivity contribution in [1.29, 1.82) is 0 Å². The van der Waals surface area contributed by atoms with Gasteiger partial charge in [0, 0.05) is 19.7 Å². The molecule has 18 heavy (non-hydrogen) atoms. The first-order valence-corrected chi connectivity index (χ1v) is 6.39. The molecule has 0 aliphatic heterocycles. The van der Waals surface area contributed by atoms with Gasteiger partial charge < -0.3 is 14.8 Å². The van der Waals surface area contributed by atoms with Gasteiger partial charge in [-0.15, -0.1) is 0 Å². The quantitative estimate of drug-likeness (QED) is 0.703. The van der Waals surface area contributed by atoms with Crippen molar-refractivity contribution in [1.82, 2.24) is 5.32 Å². The van der Waals surface area contributed by atoms with Crippen LogP contribution in [0.25, 0.3) is 0 Å². The molecule has 0 fully saturated rings. The van der Waals surface area contributed by atoms with Crippen LogP contribution in [0.15, 0.2) is 18.2 Å². The van der Waals surface area contributed by atoms with E-state index in [1.165, 1.54) is 12.1 Å². The molecule has 0 atom stereocenters. The molecule has 0 aliphatic rings.